The summed E-state index contributed by atoms with van der Waals surface area (Å²) < 4.78 is 0. The second kappa shape index (κ2) is 28.4. The molecule has 25 rings (SSSR count). The number of para-hydroxylation sites is 3. The Balaban J connectivity index is 0.000000107. The van der Waals surface area contributed by atoms with Crippen LogP contribution in [0.4, 0.5) is 0 Å². The van der Waals surface area contributed by atoms with E-state index in [9.17, 15) is 0 Å². The number of fused-ring (bicyclic) bond motifs is 21. The molecule has 123 heavy (non-hydrogen) atoms. The van der Waals surface area contributed by atoms with Gasteiger partial charge in [0.05, 0.1) is 83.8 Å². The summed E-state index contributed by atoms with van der Waals surface area (Å²) in [6.07, 6.45) is 5.52. The van der Waals surface area contributed by atoms with Gasteiger partial charge in [0.15, 0.2) is 0 Å². The normalized spacial score (nSPS) is 13.5. The van der Waals surface area contributed by atoms with Gasteiger partial charge in [-0.2, -0.15) is 0 Å². The van der Waals surface area contributed by atoms with Crippen LogP contribution in [0, 0.1) is 0 Å². The summed E-state index contributed by atoms with van der Waals surface area (Å²) in [7, 11) is 0. The van der Waals surface area contributed by atoms with Crippen molar-refractivity contribution in [1.29, 1.82) is 0 Å². The Morgan fingerprint density at radius 2 is 0.488 bits per heavy atom. The van der Waals surface area contributed by atoms with Crippen LogP contribution >= 0.6 is 0 Å². The third-order valence-corrected chi connectivity index (χ3v) is 26.0. The molecule has 0 radical (unpaired) electrons. The van der Waals surface area contributed by atoms with Crippen molar-refractivity contribution in [2.24, 2.45) is 0 Å². The fourth-order valence-corrected chi connectivity index (χ4v) is 20.1. The van der Waals surface area contributed by atoms with Crippen LogP contribution in [0.2, 0.25) is 0 Å². The van der Waals surface area contributed by atoms with E-state index in [0.717, 1.165) is 133 Å². The third-order valence-electron chi connectivity index (χ3n) is 26.0. The maximum atomic E-state index is 5.21. The average molecular weight is 1570 g/mol. The Kier molecular flexibility index (Phi) is 16.8. The van der Waals surface area contributed by atoms with Crippen molar-refractivity contribution < 1.29 is 0 Å². The minimum absolute atomic E-state index is 0.148. The first-order valence-electron chi connectivity index (χ1n) is 42.2. The van der Waals surface area contributed by atoms with Crippen molar-refractivity contribution in [3.05, 3.63) is 404 Å². The van der Waals surface area contributed by atoms with Gasteiger partial charge < -0.3 is 0 Å². The maximum absolute atomic E-state index is 5.21. The fourth-order valence-electron chi connectivity index (χ4n) is 20.1. The SMILES string of the molecule is CC1(C)c2ccccc2-c2nc3ccccc3c(-c3ccc(-c4cc5cccnc5c5ncccc45)cc3)c21.CC1(C)c2ccccc2-c2nc3ccccc3c(-c3ccc(-c4ccc5ccc6ccc(-c7ccccc7)nc6c5n4)cc3)c21.CC1(C)c2ccccc2-c2nc3ccccc3c(-c3ccc(-c4ccc5ccc6cccnc6c5n4)cc3)c21. The van der Waals surface area contributed by atoms with Gasteiger partial charge in [0.25, 0.3) is 0 Å². The zero-order valence-electron chi connectivity index (χ0n) is 68.7. The number of pyridine rings is 9. The predicted octanol–water partition coefficient (Wildman–Crippen LogP) is 28.6. The zero-order chi connectivity index (χ0) is 82.4. The highest BCUT2D eigenvalue weighted by Gasteiger charge is 2.43. The first kappa shape index (κ1) is 72.8. The maximum Gasteiger partial charge on any atom is 0.0972 e. The van der Waals surface area contributed by atoms with E-state index >= 15 is 0 Å². The van der Waals surface area contributed by atoms with Crippen molar-refractivity contribution >= 4 is 98.1 Å². The molecule has 0 aliphatic heterocycles. The van der Waals surface area contributed by atoms with Crippen molar-refractivity contribution in [2.75, 3.05) is 0 Å². The minimum atomic E-state index is -0.163. The quantitative estimate of drug-likeness (QED) is 0.144. The summed E-state index contributed by atoms with van der Waals surface area (Å²) in [6.45, 7) is 14.0. The summed E-state index contributed by atoms with van der Waals surface area (Å²) in [4.78, 5) is 44.9. The van der Waals surface area contributed by atoms with Gasteiger partial charge >= 0.3 is 0 Å². The molecular formula is C114H79N9. The molecule has 3 aliphatic carbocycles. The molecule has 0 saturated carbocycles. The molecule has 0 amide bonds. The Morgan fingerprint density at radius 1 is 0.195 bits per heavy atom. The highest BCUT2D eigenvalue weighted by atomic mass is 14.8. The summed E-state index contributed by atoms with van der Waals surface area (Å²) in [6, 6.07) is 125. The van der Waals surface area contributed by atoms with Crippen LogP contribution in [0.5, 0.6) is 0 Å². The van der Waals surface area contributed by atoms with Crippen LogP contribution in [0.15, 0.2) is 370 Å². The van der Waals surface area contributed by atoms with E-state index < -0.39 is 0 Å². The molecular weight excluding hydrogens is 1500 g/mol. The molecule has 9 nitrogen and oxygen atoms in total. The van der Waals surface area contributed by atoms with Gasteiger partial charge in [0, 0.05) is 117 Å². The lowest BCUT2D eigenvalue weighted by Crippen LogP contribution is -2.16. The molecule has 0 spiro atoms. The second-order valence-corrected chi connectivity index (χ2v) is 34.2. The molecule has 9 heterocycles. The van der Waals surface area contributed by atoms with Gasteiger partial charge in [-0.3, -0.25) is 15.0 Å². The summed E-state index contributed by atoms with van der Waals surface area (Å²) in [5.74, 6) is 0. The van der Waals surface area contributed by atoms with Gasteiger partial charge in [0.1, 0.15) is 0 Å². The molecule has 0 saturated heterocycles. The molecule has 0 fully saturated rings. The lowest BCUT2D eigenvalue weighted by Gasteiger charge is -2.25. The lowest BCUT2D eigenvalue weighted by molar-refractivity contribution is 0.661. The molecule has 9 heteroatoms. The van der Waals surface area contributed by atoms with Crippen LogP contribution in [-0.2, 0) is 16.2 Å². The number of hydrogen-bond acceptors (Lipinski definition) is 9. The number of benzene rings is 13. The zero-order valence-corrected chi connectivity index (χ0v) is 68.7. The van der Waals surface area contributed by atoms with Crippen molar-refractivity contribution in [3.63, 3.8) is 0 Å². The molecule has 0 bridgehead atoms. The minimum Gasteiger partial charge on any atom is -0.254 e. The molecule has 3 aliphatic rings. The van der Waals surface area contributed by atoms with Crippen molar-refractivity contribution in [1.82, 2.24) is 44.9 Å². The van der Waals surface area contributed by atoms with Crippen molar-refractivity contribution in [2.45, 2.75) is 57.8 Å². The third kappa shape index (κ3) is 11.8. The van der Waals surface area contributed by atoms with Crippen molar-refractivity contribution in [3.8, 4) is 112 Å². The Morgan fingerprint density at radius 3 is 0.902 bits per heavy atom. The van der Waals surface area contributed by atoms with E-state index in [1.807, 2.05) is 55.0 Å². The van der Waals surface area contributed by atoms with E-state index in [-0.39, 0.29) is 16.2 Å². The van der Waals surface area contributed by atoms with Gasteiger partial charge in [-0.25, -0.2) is 29.9 Å². The summed E-state index contributed by atoms with van der Waals surface area (Å²) in [5, 5.41) is 10.1. The second-order valence-electron chi connectivity index (χ2n) is 34.2. The Labute approximate surface area is 712 Å². The van der Waals surface area contributed by atoms with Crippen LogP contribution in [-0.4, -0.2) is 44.9 Å². The van der Waals surface area contributed by atoms with Crippen LogP contribution < -0.4 is 0 Å². The standard InChI is InChI=1S/C42H29N3.2C36H25N3/c1-42(2)33-14-8-6-12-31(33)41-38(42)37(32-13-7-9-15-36(32)45-41)28-18-16-27(17-19-28)35-25-23-30-21-20-29-22-24-34(26-10-4-3-5-11-26)43-39(29)40(30)44-35;1-36(2)29-13-5-3-10-26(29)34-32(36)31(27-11-4-6-14-30(27)39-34)23-17-15-22(16-18-23)28-21-24-9-7-19-37-33(24)35-25(28)12-8-20-38-35;1-36(2)28-11-5-3-9-26(28)35-32(36)31(27-10-4-6-12-30(27)39-35)23-15-13-22(14-16-23)29-20-19-25-18-17-24-8-7-21-37-33(24)34(25)38-29/h3-25H,1-2H3;2*3-21H,1-2H3. The van der Waals surface area contributed by atoms with Gasteiger partial charge in [-0.05, 0) is 139 Å². The largest absolute Gasteiger partial charge is 0.254 e. The topological polar surface area (TPSA) is 116 Å². The monoisotopic (exact) mass is 1570 g/mol. The number of rotatable bonds is 7. The number of aromatic nitrogens is 9. The van der Waals surface area contributed by atoms with Gasteiger partial charge in [-0.1, -0.05) is 333 Å². The first-order chi connectivity index (χ1) is 60.3. The van der Waals surface area contributed by atoms with Crippen LogP contribution in [0.1, 0.15) is 74.9 Å². The highest BCUT2D eigenvalue weighted by Crippen LogP contribution is 2.57. The average Bonchev–Trinajstić information content (AvgIpc) is 1.60. The Hall–Kier alpha value is -15.5. The number of hydrogen-bond donors (Lipinski definition) is 0. The molecule has 580 valence electrons. The van der Waals surface area contributed by atoms with E-state index in [0.29, 0.717) is 0 Å². The highest BCUT2D eigenvalue weighted by molar-refractivity contribution is 6.12. The van der Waals surface area contributed by atoms with E-state index in [4.69, 9.17) is 34.9 Å². The van der Waals surface area contributed by atoms with E-state index in [1.165, 1.54) is 111 Å². The molecule has 13 aromatic carbocycles. The van der Waals surface area contributed by atoms with Gasteiger partial charge in [-0.15, -0.1) is 0 Å². The lowest BCUT2D eigenvalue weighted by atomic mass is 9.78. The van der Waals surface area contributed by atoms with Gasteiger partial charge in [0.2, 0.25) is 0 Å². The molecule has 22 aromatic rings. The number of nitrogens with zero attached hydrogens (tertiary/aromatic N) is 9. The Bertz CT molecular complexity index is 8120. The fraction of sp³-hybridized carbons (Fsp3) is 0.0789. The predicted molar refractivity (Wildman–Crippen MR) is 508 cm³/mol. The van der Waals surface area contributed by atoms with E-state index in [1.54, 1.807) is 0 Å². The molecule has 0 N–H and O–H groups in total. The molecule has 0 unspecified atom stereocenters. The smallest absolute Gasteiger partial charge is 0.0972 e. The molecule has 0 atom stereocenters. The summed E-state index contributed by atoms with van der Waals surface area (Å²) >= 11 is 0. The van der Waals surface area contributed by atoms with E-state index in [2.05, 4.69) is 367 Å². The van der Waals surface area contributed by atoms with Crippen LogP contribution in [0.3, 0.4) is 0 Å². The first-order valence-corrected chi connectivity index (χ1v) is 42.2. The van der Waals surface area contributed by atoms with Crippen LogP contribution in [0.25, 0.3) is 210 Å². The summed E-state index contributed by atoms with van der Waals surface area (Å²) in [5.41, 5.74) is 39.0. The molecule has 9 aromatic heterocycles.